The molecule has 0 aliphatic rings. The summed E-state index contributed by atoms with van der Waals surface area (Å²) in [4.78, 5) is 16.1. The van der Waals surface area contributed by atoms with Gasteiger partial charge in [0.1, 0.15) is 17.2 Å². The number of rotatable bonds is 5. The van der Waals surface area contributed by atoms with Gasteiger partial charge in [0.25, 0.3) is 5.22 Å². The Morgan fingerprint density at radius 2 is 1.68 bits per heavy atom. The second-order valence-electron chi connectivity index (χ2n) is 4.68. The summed E-state index contributed by atoms with van der Waals surface area (Å²) in [6.07, 6.45) is 1.58. The van der Waals surface area contributed by atoms with E-state index in [9.17, 15) is 4.79 Å². The summed E-state index contributed by atoms with van der Waals surface area (Å²) in [7, 11) is 0. The topological polar surface area (TPSA) is 69.1 Å². The van der Waals surface area contributed by atoms with Crippen LogP contribution < -0.4 is 5.73 Å². The van der Waals surface area contributed by atoms with Crippen molar-refractivity contribution in [1.82, 2.24) is 4.98 Å². The van der Waals surface area contributed by atoms with Crippen LogP contribution in [0.3, 0.4) is 0 Å². The van der Waals surface area contributed by atoms with Gasteiger partial charge in [-0.3, -0.25) is 4.79 Å². The van der Waals surface area contributed by atoms with Crippen LogP contribution in [0.2, 0.25) is 0 Å². The molecule has 0 aliphatic carbocycles. The molecule has 0 bridgehead atoms. The predicted octanol–water partition coefficient (Wildman–Crippen LogP) is 3.66. The number of carbonyl (C=O) groups is 1. The van der Waals surface area contributed by atoms with E-state index >= 15 is 0 Å². The maximum Gasteiger partial charge on any atom is 0.257 e. The molecule has 0 saturated carbocycles. The van der Waals surface area contributed by atoms with Crippen molar-refractivity contribution in [1.29, 1.82) is 0 Å². The quantitative estimate of drug-likeness (QED) is 0.730. The highest BCUT2D eigenvalue weighted by molar-refractivity contribution is 8.00. The highest BCUT2D eigenvalue weighted by atomic mass is 32.2. The van der Waals surface area contributed by atoms with E-state index in [1.165, 1.54) is 11.8 Å². The highest BCUT2D eigenvalue weighted by Gasteiger charge is 2.22. The molecule has 0 unspecified atom stereocenters. The van der Waals surface area contributed by atoms with E-state index in [0.717, 1.165) is 16.8 Å². The Bertz CT molecular complexity index is 757. The van der Waals surface area contributed by atoms with E-state index in [0.29, 0.717) is 5.22 Å². The fourth-order valence-corrected chi connectivity index (χ4v) is 2.94. The second kappa shape index (κ2) is 6.49. The van der Waals surface area contributed by atoms with Crippen molar-refractivity contribution in [2.24, 2.45) is 5.73 Å². The Morgan fingerprint density at radius 1 is 1.05 bits per heavy atom. The maximum atomic E-state index is 11.7. The molecule has 2 aromatic carbocycles. The van der Waals surface area contributed by atoms with Crippen molar-refractivity contribution < 1.29 is 9.21 Å². The van der Waals surface area contributed by atoms with Crippen LogP contribution >= 0.6 is 11.8 Å². The number of oxazole rings is 1. The first kappa shape index (κ1) is 14.4. The lowest BCUT2D eigenvalue weighted by Crippen LogP contribution is -2.18. The summed E-state index contributed by atoms with van der Waals surface area (Å²) in [6.45, 7) is 0. The molecule has 5 heteroatoms. The number of hydrogen-bond acceptors (Lipinski definition) is 4. The zero-order valence-electron chi connectivity index (χ0n) is 11.7. The van der Waals surface area contributed by atoms with Crippen LogP contribution in [0.25, 0.3) is 11.3 Å². The first-order chi connectivity index (χ1) is 10.7. The molecule has 0 spiro atoms. The average molecular weight is 310 g/mol. The highest BCUT2D eigenvalue weighted by Crippen LogP contribution is 2.35. The fourth-order valence-electron chi connectivity index (χ4n) is 2.07. The van der Waals surface area contributed by atoms with E-state index in [1.54, 1.807) is 6.26 Å². The van der Waals surface area contributed by atoms with Gasteiger partial charge in [0.2, 0.25) is 5.91 Å². The zero-order valence-corrected chi connectivity index (χ0v) is 12.5. The third-order valence-electron chi connectivity index (χ3n) is 3.13. The lowest BCUT2D eigenvalue weighted by atomic mass is 10.1. The Hall–Kier alpha value is -2.53. The van der Waals surface area contributed by atoms with Gasteiger partial charge in [-0.25, -0.2) is 4.98 Å². The molecule has 4 nitrogen and oxygen atoms in total. The minimum atomic E-state index is -0.525. The number of carbonyl (C=O) groups excluding carboxylic acids is 1. The van der Waals surface area contributed by atoms with Gasteiger partial charge in [-0.2, -0.15) is 0 Å². The van der Waals surface area contributed by atoms with Gasteiger partial charge >= 0.3 is 0 Å². The minimum Gasteiger partial charge on any atom is -0.439 e. The first-order valence-corrected chi connectivity index (χ1v) is 7.64. The van der Waals surface area contributed by atoms with Crippen molar-refractivity contribution in [2.75, 3.05) is 0 Å². The van der Waals surface area contributed by atoms with Crippen molar-refractivity contribution in [2.45, 2.75) is 10.5 Å². The zero-order chi connectivity index (χ0) is 15.4. The lowest BCUT2D eigenvalue weighted by Gasteiger charge is -2.10. The van der Waals surface area contributed by atoms with E-state index in [-0.39, 0.29) is 0 Å². The van der Waals surface area contributed by atoms with Gasteiger partial charge < -0.3 is 10.2 Å². The van der Waals surface area contributed by atoms with Crippen molar-refractivity contribution in [3.05, 3.63) is 72.5 Å². The third kappa shape index (κ3) is 3.20. The smallest absolute Gasteiger partial charge is 0.257 e. The number of nitrogens with zero attached hydrogens (tertiary/aromatic N) is 1. The summed E-state index contributed by atoms with van der Waals surface area (Å²) < 4.78 is 5.47. The van der Waals surface area contributed by atoms with Crippen LogP contribution in [0, 0.1) is 0 Å². The fraction of sp³-hybridized carbons (Fsp3) is 0.0588. The van der Waals surface area contributed by atoms with Crippen LogP contribution in [0.4, 0.5) is 0 Å². The monoisotopic (exact) mass is 310 g/mol. The molecule has 1 aromatic heterocycles. The molecule has 3 rings (SSSR count). The van der Waals surface area contributed by atoms with Gasteiger partial charge in [-0.15, -0.1) is 0 Å². The van der Waals surface area contributed by atoms with Gasteiger partial charge in [0, 0.05) is 5.56 Å². The normalized spacial score (nSPS) is 12.0. The summed E-state index contributed by atoms with van der Waals surface area (Å²) in [5.41, 5.74) is 8.04. The van der Waals surface area contributed by atoms with Crippen molar-refractivity contribution in [3.63, 3.8) is 0 Å². The van der Waals surface area contributed by atoms with Crippen molar-refractivity contribution >= 4 is 17.7 Å². The van der Waals surface area contributed by atoms with Gasteiger partial charge in [0.05, 0.1) is 0 Å². The molecule has 2 N–H and O–H groups in total. The summed E-state index contributed by atoms with van der Waals surface area (Å²) in [6, 6.07) is 19.1. The summed E-state index contributed by atoms with van der Waals surface area (Å²) in [5.74, 6) is -0.421. The van der Waals surface area contributed by atoms with E-state index in [4.69, 9.17) is 10.2 Å². The Kier molecular flexibility index (Phi) is 4.25. The Morgan fingerprint density at radius 3 is 2.32 bits per heavy atom. The minimum absolute atomic E-state index is 0.421. The van der Waals surface area contributed by atoms with E-state index in [2.05, 4.69) is 4.98 Å². The number of nitrogens with two attached hydrogens (primary N) is 1. The molecule has 0 radical (unpaired) electrons. The maximum absolute atomic E-state index is 11.7. The summed E-state index contributed by atoms with van der Waals surface area (Å²) >= 11 is 1.21. The molecule has 0 saturated heterocycles. The molecule has 0 aliphatic heterocycles. The van der Waals surface area contributed by atoms with Gasteiger partial charge in [0.15, 0.2) is 0 Å². The van der Waals surface area contributed by atoms with Gasteiger partial charge in [-0.1, -0.05) is 60.7 Å². The Balaban J connectivity index is 1.83. The first-order valence-electron chi connectivity index (χ1n) is 6.76. The molecule has 1 atom stereocenters. The molecule has 22 heavy (non-hydrogen) atoms. The molecule has 3 aromatic rings. The molecule has 1 amide bonds. The van der Waals surface area contributed by atoms with Crippen LogP contribution in [-0.2, 0) is 4.79 Å². The number of primary amides is 1. The predicted molar refractivity (Wildman–Crippen MR) is 86.2 cm³/mol. The van der Waals surface area contributed by atoms with Crippen LogP contribution in [-0.4, -0.2) is 10.9 Å². The molecular formula is C17H14N2O2S. The lowest BCUT2D eigenvalue weighted by molar-refractivity contribution is -0.117. The average Bonchev–Trinajstić information content (AvgIpc) is 3.03. The number of aromatic nitrogens is 1. The van der Waals surface area contributed by atoms with E-state index in [1.807, 2.05) is 60.7 Å². The van der Waals surface area contributed by atoms with Crippen LogP contribution in [0.15, 0.2) is 76.6 Å². The second-order valence-corrected chi connectivity index (χ2v) is 5.73. The molecule has 1 heterocycles. The van der Waals surface area contributed by atoms with E-state index < -0.39 is 11.2 Å². The number of amides is 1. The molecular weight excluding hydrogens is 296 g/mol. The SMILES string of the molecule is NC(=O)[C@H](Sc1nc(-c2ccccc2)co1)c1ccccc1. The van der Waals surface area contributed by atoms with Gasteiger partial charge in [-0.05, 0) is 17.3 Å². The largest absolute Gasteiger partial charge is 0.439 e. The third-order valence-corrected chi connectivity index (χ3v) is 4.26. The van der Waals surface area contributed by atoms with Crippen LogP contribution in [0.5, 0.6) is 0 Å². The van der Waals surface area contributed by atoms with Crippen LogP contribution in [0.1, 0.15) is 10.8 Å². The Labute approximate surface area is 132 Å². The number of benzene rings is 2. The number of thioether (sulfide) groups is 1. The standard InChI is InChI=1S/C17H14N2O2S/c18-16(20)15(13-9-5-2-6-10-13)22-17-19-14(11-21-17)12-7-3-1-4-8-12/h1-11,15H,(H2,18,20)/t15-/m1/s1. The molecule has 0 fully saturated rings. The summed E-state index contributed by atoms with van der Waals surface area (Å²) in [5, 5.41) is -0.102. The number of hydrogen-bond donors (Lipinski definition) is 1. The van der Waals surface area contributed by atoms with Crippen molar-refractivity contribution in [3.8, 4) is 11.3 Å². The molecule has 110 valence electrons.